The number of esters is 1. The first-order chi connectivity index (χ1) is 31.1. The Kier molecular flexibility index (Phi) is 38.2. The van der Waals surface area contributed by atoms with Crippen molar-refractivity contribution in [1.82, 2.24) is 0 Å². The summed E-state index contributed by atoms with van der Waals surface area (Å²) in [6, 6.07) is 0. The molecule has 0 aromatic heterocycles. The van der Waals surface area contributed by atoms with Gasteiger partial charge in [-0.3, -0.25) is 9.35 Å². The number of aliphatic hydroxyl groups is 3. The average Bonchev–Trinajstić information content (AvgIpc) is 3.27. The van der Waals surface area contributed by atoms with Gasteiger partial charge in [-0.05, 0) is 96.3 Å². The molecular weight excluding hydrogens is 837 g/mol. The van der Waals surface area contributed by atoms with E-state index in [4.69, 9.17) is 18.9 Å². The van der Waals surface area contributed by atoms with Gasteiger partial charge in [0, 0.05) is 13.0 Å². The minimum absolute atomic E-state index is 0.00546. The molecule has 1 aliphatic heterocycles. The van der Waals surface area contributed by atoms with Crippen LogP contribution in [0.3, 0.4) is 0 Å². The molecule has 64 heavy (non-hydrogen) atoms. The number of carbonyl (C=O) groups is 1. The Bertz CT molecular complexity index is 1480. The van der Waals surface area contributed by atoms with Crippen LogP contribution < -0.4 is 0 Å². The Labute approximate surface area is 386 Å². The Morgan fingerprint density at radius 2 is 1.08 bits per heavy atom. The Morgan fingerprint density at radius 1 is 0.609 bits per heavy atom. The third kappa shape index (κ3) is 34.4. The lowest BCUT2D eigenvalue weighted by atomic mass is 9.99. The van der Waals surface area contributed by atoms with E-state index in [0.29, 0.717) is 13.0 Å². The summed E-state index contributed by atoms with van der Waals surface area (Å²) in [6.45, 7) is 3.70. The van der Waals surface area contributed by atoms with E-state index in [-0.39, 0.29) is 19.6 Å². The molecule has 1 fully saturated rings. The van der Waals surface area contributed by atoms with Crippen molar-refractivity contribution in [2.24, 2.45) is 0 Å². The SMILES string of the molecule is CC/C=C\C/C=C\C/C=C\C/C=C\C/C=C\CCCCOCC(COC1OC(CO)C(O)C(OS(=O)(=O)O)C1O)OC(=O)CCCCCCCC/C=C\C/C=C\C/C=C\CCCCC. The van der Waals surface area contributed by atoms with E-state index in [2.05, 4.69) is 115 Å². The molecule has 4 N–H and O–H groups in total. The van der Waals surface area contributed by atoms with Crippen molar-refractivity contribution in [2.75, 3.05) is 26.4 Å². The third-order valence-electron chi connectivity index (χ3n) is 10.2. The molecule has 0 aromatic rings. The number of allylic oxidation sites excluding steroid dienone is 16. The average molecular weight is 921 g/mol. The molecule has 6 atom stereocenters. The second-order valence-electron chi connectivity index (χ2n) is 16.0. The second kappa shape index (κ2) is 41.5. The van der Waals surface area contributed by atoms with E-state index in [9.17, 15) is 33.1 Å². The molecule has 1 aliphatic rings. The number of carbonyl (C=O) groups excluding carboxylic acids is 1. The minimum Gasteiger partial charge on any atom is -0.457 e. The lowest BCUT2D eigenvalue weighted by Crippen LogP contribution is -2.60. The van der Waals surface area contributed by atoms with Gasteiger partial charge in [-0.1, -0.05) is 150 Å². The zero-order chi connectivity index (χ0) is 46.8. The van der Waals surface area contributed by atoms with Crippen LogP contribution in [0, 0.1) is 0 Å². The van der Waals surface area contributed by atoms with E-state index in [1.165, 1.54) is 25.7 Å². The van der Waals surface area contributed by atoms with Crippen LogP contribution in [0.25, 0.3) is 0 Å². The molecule has 1 heterocycles. The molecule has 6 unspecified atom stereocenters. The van der Waals surface area contributed by atoms with Gasteiger partial charge in [0.05, 0.1) is 19.8 Å². The normalized spacial score (nSPS) is 20.6. The molecule has 13 heteroatoms. The van der Waals surface area contributed by atoms with Crippen molar-refractivity contribution in [2.45, 2.75) is 192 Å². The summed E-state index contributed by atoms with van der Waals surface area (Å²) in [5.41, 5.74) is 0. The van der Waals surface area contributed by atoms with Crippen molar-refractivity contribution >= 4 is 16.4 Å². The summed E-state index contributed by atoms with van der Waals surface area (Å²) in [5, 5.41) is 30.7. The lowest BCUT2D eigenvalue weighted by molar-refractivity contribution is -0.301. The largest absolute Gasteiger partial charge is 0.457 e. The first kappa shape index (κ1) is 59.0. The van der Waals surface area contributed by atoms with Crippen LogP contribution in [0.1, 0.15) is 155 Å². The van der Waals surface area contributed by atoms with Crippen LogP contribution in [0.2, 0.25) is 0 Å². The van der Waals surface area contributed by atoms with Crippen LogP contribution in [-0.4, -0.2) is 97.5 Å². The summed E-state index contributed by atoms with van der Waals surface area (Å²) in [6.07, 6.45) is 47.2. The molecule has 0 saturated carbocycles. The highest BCUT2D eigenvalue weighted by Gasteiger charge is 2.48. The quantitative estimate of drug-likeness (QED) is 0.0198. The fourth-order valence-corrected chi connectivity index (χ4v) is 7.09. The summed E-state index contributed by atoms with van der Waals surface area (Å²) >= 11 is 0. The molecule has 366 valence electrons. The fourth-order valence-electron chi connectivity index (χ4n) is 6.59. The smallest absolute Gasteiger partial charge is 0.397 e. The number of ether oxygens (including phenoxy) is 4. The number of hydrogen-bond donors (Lipinski definition) is 4. The van der Waals surface area contributed by atoms with Crippen LogP contribution in [0.4, 0.5) is 0 Å². The predicted octanol–water partition coefficient (Wildman–Crippen LogP) is 10.6. The highest BCUT2D eigenvalue weighted by Crippen LogP contribution is 2.26. The second-order valence-corrected chi connectivity index (χ2v) is 17.0. The molecule has 0 aliphatic carbocycles. The highest BCUT2D eigenvalue weighted by molar-refractivity contribution is 7.80. The van der Waals surface area contributed by atoms with Gasteiger partial charge < -0.3 is 34.3 Å². The standard InChI is InChI=1S/C51H84O12S/c1-3-5-7-9-11-13-15-17-19-21-23-24-26-28-30-32-34-36-38-40-47(53)61-45(44-60-51-49(55)50(63-64(56,57)58)48(54)46(42-52)62-51)43-59-41-39-37-35-33-31-29-27-25-22-20-18-16-14-12-10-8-6-4-2/h6,8,11-14,17-20,23-25,27,31,33,45-46,48-52,54-55H,3-5,7,9-10,15-16,21-22,26,28-30,32,34-44H2,1-2H3,(H,56,57,58)/b8-6-,13-11-,14-12-,19-17-,20-18-,24-23-,27-25-,33-31-. The summed E-state index contributed by atoms with van der Waals surface area (Å²) in [7, 11) is -5.08. The summed E-state index contributed by atoms with van der Waals surface area (Å²) in [5.74, 6) is -0.431. The van der Waals surface area contributed by atoms with Gasteiger partial charge in [0.25, 0.3) is 0 Å². The molecule has 0 amide bonds. The topological polar surface area (TPSA) is 178 Å². The number of rotatable bonds is 40. The van der Waals surface area contributed by atoms with Crippen molar-refractivity contribution < 1.29 is 56.2 Å². The fraction of sp³-hybridized carbons (Fsp3) is 0.667. The van der Waals surface area contributed by atoms with Gasteiger partial charge in [0.1, 0.15) is 30.5 Å². The minimum atomic E-state index is -5.08. The predicted molar refractivity (Wildman–Crippen MR) is 257 cm³/mol. The van der Waals surface area contributed by atoms with Crippen LogP contribution in [-0.2, 0) is 38.3 Å². The third-order valence-corrected chi connectivity index (χ3v) is 10.7. The van der Waals surface area contributed by atoms with Crippen molar-refractivity contribution in [3.05, 3.63) is 97.2 Å². The van der Waals surface area contributed by atoms with Crippen molar-refractivity contribution in [1.29, 1.82) is 0 Å². The molecule has 1 saturated heterocycles. The van der Waals surface area contributed by atoms with Crippen LogP contribution in [0.5, 0.6) is 0 Å². The van der Waals surface area contributed by atoms with Crippen LogP contribution >= 0.6 is 0 Å². The molecule has 12 nitrogen and oxygen atoms in total. The maximum Gasteiger partial charge on any atom is 0.397 e. The lowest BCUT2D eigenvalue weighted by Gasteiger charge is -2.41. The van der Waals surface area contributed by atoms with E-state index >= 15 is 0 Å². The van der Waals surface area contributed by atoms with Gasteiger partial charge >= 0.3 is 16.4 Å². The summed E-state index contributed by atoms with van der Waals surface area (Å²) in [4.78, 5) is 12.9. The van der Waals surface area contributed by atoms with E-state index in [1.807, 2.05) is 0 Å². The zero-order valence-electron chi connectivity index (χ0n) is 39.0. The van der Waals surface area contributed by atoms with Gasteiger partial charge in [-0.25, -0.2) is 4.18 Å². The van der Waals surface area contributed by atoms with Gasteiger partial charge in [0.15, 0.2) is 6.29 Å². The van der Waals surface area contributed by atoms with Crippen LogP contribution in [0.15, 0.2) is 97.2 Å². The molecule has 0 radical (unpaired) electrons. The molecule has 1 rings (SSSR count). The monoisotopic (exact) mass is 921 g/mol. The maximum atomic E-state index is 12.9. The Balaban J connectivity index is 2.46. The van der Waals surface area contributed by atoms with E-state index in [0.717, 1.165) is 103 Å². The molecule has 0 spiro atoms. The van der Waals surface area contributed by atoms with Crippen molar-refractivity contribution in [3.8, 4) is 0 Å². The zero-order valence-corrected chi connectivity index (χ0v) is 39.9. The van der Waals surface area contributed by atoms with Gasteiger partial charge in [-0.15, -0.1) is 0 Å². The number of unbranched alkanes of at least 4 members (excludes halogenated alkanes) is 11. The van der Waals surface area contributed by atoms with Gasteiger partial charge in [0.2, 0.25) is 0 Å². The van der Waals surface area contributed by atoms with Crippen molar-refractivity contribution in [3.63, 3.8) is 0 Å². The highest BCUT2D eigenvalue weighted by atomic mass is 32.3. The van der Waals surface area contributed by atoms with Gasteiger partial charge in [-0.2, -0.15) is 8.42 Å². The Hall–Kier alpha value is -2.98. The maximum absolute atomic E-state index is 12.9. The van der Waals surface area contributed by atoms with E-state index in [1.54, 1.807) is 0 Å². The first-order valence-corrected chi connectivity index (χ1v) is 25.4. The summed E-state index contributed by atoms with van der Waals surface area (Å²) < 4.78 is 59.1. The number of hydrogen-bond acceptors (Lipinski definition) is 11. The number of aliphatic hydroxyl groups excluding tert-OH is 3. The first-order valence-electron chi connectivity index (χ1n) is 24.0. The molecule has 0 aromatic carbocycles. The molecule has 0 bridgehead atoms. The molecular formula is C51H84O12S. The van der Waals surface area contributed by atoms with E-state index < -0.39 is 59.8 Å². The Morgan fingerprint density at radius 3 is 1.58 bits per heavy atom.